The summed E-state index contributed by atoms with van der Waals surface area (Å²) >= 11 is 0. The van der Waals surface area contributed by atoms with Crippen molar-refractivity contribution in [2.75, 3.05) is 13.2 Å². The topological polar surface area (TPSA) is 99.2 Å². The van der Waals surface area contributed by atoms with E-state index < -0.39 is 0 Å². The lowest BCUT2D eigenvalue weighted by Crippen LogP contribution is -2.45. The summed E-state index contributed by atoms with van der Waals surface area (Å²) in [6.45, 7) is 0.277. The first-order valence-corrected chi connectivity index (χ1v) is 6.67. The zero-order valence-electron chi connectivity index (χ0n) is 11.2. The highest BCUT2D eigenvalue weighted by Gasteiger charge is 2.29. The number of carbonyl (C=O) groups is 1. The summed E-state index contributed by atoms with van der Waals surface area (Å²) in [5.74, 6) is -0.159. The Morgan fingerprint density at radius 3 is 2.65 bits per heavy atom. The first-order chi connectivity index (χ1) is 9.67. The fourth-order valence-corrected chi connectivity index (χ4v) is 2.29. The summed E-state index contributed by atoms with van der Waals surface area (Å²) in [4.78, 5) is 14.2. The van der Waals surface area contributed by atoms with Gasteiger partial charge in [0.2, 0.25) is 0 Å². The smallest absolute Gasteiger partial charge is 0.254 e. The van der Waals surface area contributed by atoms with Crippen LogP contribution in [0.5, 0.6) is 0 Å². The Balaban J connectivity index is 2.22. The van der Waals surface area contributed by atoms with Gasteiger partial charge in [0.25, 0.3) is 5.91 Å². The molecule has 1 aromatic rings. The highest BCUT2D eigenvalue weighted by Crippen LogP contribution is 2.26. The molecule has 0 atom stereocenters. The second-order valence-corrected chi connectivity index (χ2v) is 4.87. The van der Waals surface area contributed by atoms with Crippen molar-refractivity contribution in [1.82, 2.24) is 4.90 Å². The van der Waals surface area contributed by atoms with Crippen LogP contribution in [0.2, 0.25) is 0 Å². The molecule has 108 valence electrons. The molecule has 1 fully saturated rings. The van der Waals surface area contributed by atoms with Crippen LogP contribution < -0.4 is 5.73 Å². The van der Waals surface area contributed by atoms with E-state index in [1.807, 2.05) is 0 Å². The van der Waals surface area contributed by atoms with Crippen LogP contribution in [0.15, 0.2) is 29.4 Å². The molecule has 0 saturated heterocycles. The van der Waals surface area contributed by atoms with Gasteiger partial charge in [-0.2, -0.15) is 0 Å². The van der Waals surface area contributed by atoms with Gasteiger partial charge in [-0.3, -0.25) is 4.79 Å². The van der Waals surface area contributed by atoms with E-state index in [0.29, 0.717) is 17.7 Å². The Labute approximate surface area is 117 Å². The lowest BCUT2D eigenvalue weighted by atomic mass is 9.91. The van der Waals surface area contributed by atoms with Crippen molar-refractivity contribution >= 4 is 11.7 Å². The molecule has 6 nitrogen and oxygen atoms in total. The van der Waals surface area contributed by atoms with Gasteiger partial charge < -0.3 is 20.9 Å². The van der Waals surface area contributed by atoms with Crippen molar-refractivity contribution in [2.45, 2.75) is 25.3 Å². The minimum absolute atomic E-state index is 0.0306. The molecule has 20 heavy (non-hydrogen) atoms. The fourth-order valence-electron chi connectivity index (χ4n) is 2.29. The number of amidine groups is 1. The van der Waals surface area contributed by atoms with E-state index in [2.05, 4.69) is 5.16 Å². The minimum atomic E-state index is -0.128. The molecular formula is C14H19N3O3. The Morgan fingerprint density at radius 1 is 1.40 bits per heavy atom. The molecule has 0 heterocycles. The maximum Gasteiger partial charge on any atom is 0.254 e. The van der Waals surface area contributed by atoms with Gasteiger partial charge in [-0.1, -0.05) is 17.3 Å². The van der Waals surface area contributed by atoms with Crippen LogP contribution in [0.25, 0.3) is 0 Å². The van der Waals surface area contributed by atoms with E-state index >= 15 is 0 Å². The summed E-state index contributed by atoms with van der Waals surface area (Å²) in [5.41, 5.74) is 6.51. The third kappa shape index (κ3) is 2.91. The predicted molar refractivity (Wildman–Crippen MR) is 74.7 cm³/mol. The van der Waals surface area contributed by atoms with Crippen LogP contribution >= 0.6 is 0 Å². The second kappa shape index (κ2) is 6.38. The lowest BCUT2D eigenvalue weighted by molar-refractivity contribution is 0.0526. The summed E-state index contributed by atoms with van der Waals surface area (Å²) in [5, 5.41) is 20.7. The van der Waals surface area contributed by atoms with Gasteiger partial charge in [-0.05, 0) is 31.4 Å². The van der Waals surface area contributed by atoms with Crippen molar-refractivity contribution in [3.63, 3.8) is 0 Å². The maximum atomic E-state index is 12.5. The quantitative estimate of drug-likeness (QED) is 0.320. The largest absolute Gasteiger partial charge is 0.409 e. The number of aliphatic hydroxyl groups excluding tert-OH is 1. The van der Waals surface area contributed by atoms with Gasteiger partial charge in [0.15, 0.2) is 5.84 Å². The van der Waals surface area contributed by atoms with Gasteiger partial charge in [0.05, 0.1) is 6.61 Å². The number of oxime groups is 1. The molecule has 4 N–H and O–H groups in total. The molecule has 0 spiro atoms. The summed E-state index contributed by atoms with van der Waals surface area (Å²) < 4.78 is 0. The molecule has 0 unspecified atom stereocenters. The summed E-state index contributed by atoms with van der Waals surface area (Å²) in [6, 6.07) is 6.87. The normalized spacial score (nSPS) is 15.8. The molecule has 1 aliphatic carbocycles. The number of carbonyl (C=O) groups excluding carboxylic acids is 1. The Bertz CT molecular complexity index is 512. The van der Waals surface area contributed by atoms with Crippen LogP contribution in [0.4, 0.5) is 0 Å². The standard InChI is InChI=1S/C14H19N3O3/c15-13(16-20)10-3-1-4-11(9-10)14(19)17(7-8-18)12-5-2-6-12/h1,3-4,9,12,18,20H,2,5-8H2,(H2,15,16). The molecule has 1 saturated carbocycles. The predicted octanol–water partition coefficient (Wildman–Crippen LogP) is 0.768. The third-order valence-corrected chi connectivity index (χ3v) is 3.63. The second-order valence-electron chi connectivity index (χ2n) is 4.87. The molecular weight excluding hydrogens is 258 g/mol. The number of nitrogens with zero attached hydrogens (tertiary/aromatic N) is 2. The number of amides is 1. The zero-order valence-corrected chi connectivity index (χ0v) is 11.2. The SMILES string of the molecule is N/C(=N/O)c1cccc(C(=O)N(CCO)C2CCC2)c1. The van der Waals surface area contributed by atoms with E-state index in [9.17, 15) is 4.79 Å². The van der Waals surface area contributed by atoms with Crippen molar-refractivity contribution in [3.05, 3.63) is 35.4 Å². The Hall–Kier alpha value is -2.08. The van der Waals surface area contributed by atoms with Gasteiger partial charge >= 0.3 is 0 Å². The average Bonchev–Trinajstić information content (AvgIpc) is 2.43. The number of hydrogen-bond donors (Lipinski definition) is 3. The maximum absolute atomic E-state index is 12.5. The lowest BCUT2D eigenvalue weighted by Gasteiger charge is -2.37. The van der Waals surface area contributed by atoms with E-state index in [1.165, 1.54) is 0 Å². The van der Waals surface area contributed by atoms with Crippen LogP contribution in [-0.4, -0.2) is 46.1 Å². The van der Waals surface area contributed by atoms with Crippen LogP contribution in [0, 0.1) is 0 Å². The molecule has 0 radical (unpaired) electrons. The van der Waals surface area contributed by atoms with Gasteiger partial charge in [-0.15, -0.1) is 0 Å². The third-order valence-electron chi connectivity index (χ3n) is 3.63. The van der Waals surface area contributed by atoms with E-state index in [4.69, 9.17) is 16.0 Å². The first-order valence-electron chi connectivity index (χ1n) is 6.67. The molecule has 0 aromatic heterocycles. The number of nitrogens with two attached hydrogens (primary N) is 1. The number of hydrogen-bond acceptors (Lipinski definition) is 4. The molecule has 6 heteroatoms. The molecule has 2 rings (SSSR count). The molecule has 0 bridgehead atoms. The highest BCUT2D eigenvalue weighted by molar-refractivity contribution is 6.01. The number of rotatable bonds is 5. The number of benzene rings is 1. The first kappa shape index (κ1) is 14.3. The Kier molecular flexibility index (Phi) is 4.57. The summed E-state index contributed by atoms with van der Waals surface area (Å²) in [6.07, 6.45) is 3.07. The van der Waals surface area contributed by atoms with Crippen LogP contribution in [0.3, 0.4) is 0 Å². The average molecular weight is 277 g/mol. The van der Waals surface area contributed by atoms with Gasteiger partial charge in [-0.25, -0.2) is 0 Å². The van der Waals surface area contributed by atoms with E-state index in [0.717, 1.165) is 19.3 Å². The number of aliphatic hydroxyl groups is 1. The monoisotopic (exact) mass is 277 g/mol. The van der Waals surface area contributed by atoms with E-state index in [-0.39, 0.29) is 24.4 Å². The highest BCUT2D eigenvalue weighted by atomic mass is 16.4. The van der Waals surface area contributed by atoms with Crippen molar-refractivity contribution < 1.29 is 15.1 Å². The van der Waals surface area contributed by atoms with E-state index in [1.54, 1.807) is 29.2 Å². The Morgan fingerprint density at radius 2 is 2.10 bits per heavy atom. The fraction of sp³-hybridized carbons (Fsp3) is 0.429. The van der Waals surface area contributed by atoms with Gasteiger partial charge in [0.1, 0.15) is 0 Å². The molecule has 1 aliphatic rings. The molecule has 0 aliphatic heterocycles. The summed E-state index contributed by atoms with van der Waals surface area (Å²) in [7, 11) is 0. The molecule has 1 amide bonds. The van der Waals surface area contributed by atoms with Crippen molar-refractivity contribution in [2.24, 2.45) is 10.9 Å². The van der Waals surface area contributed by atoms with Crippen LogP contribution in [-0.2, 0) is 0 Å². The molecule has 1 aromatic carbocycles. The van der Waals surface area contributed by atoms with Crippen molar-refractivity contribution in [3.8, 4) is 0 Å². The minimum Gasteiger partial charge on any atom is -0.409 e. The van der Waals surface area contributed by atoms with Gasteiger partial charge in [0, 0.05) is 23.7 Å². The van der Waals surface area contributed by atoms with Crippen molar-refractivity contribution in [1.29, 1.82) is 0 Å². The zero-order chi connectivity index (χ0) is 14.5. The van der Waals surface area contributed by atoms with Crippen LogP contribution in [0.1, 0.15) is 35.2 Å².